The third-order valence-electron chi connectivity index (χ3n) is 7.29. The molecule has 188 valence electrons. The van der Waals surface area contributed by atoms with E-state index in [1.165, 1.54) is 11.1 Å². The second-order valence-electron chi connectivity index (χ2n) is 11.8. The summed E-state index contributed by atoms with van der Waals surface area (Å²) in [4.78, 5) is 21.0. The summed E-state index contributed by atoms with van der Waals surface area (Å²) in [6.07, 6.45) is 1.71. The second-order valence-corrected chi connectivity index (χ2v) is 27.6. The summed E-state index contributed by atoms with van der Waals surface area (Å²) in [5, 5.41) is 0. The first-order valence-electron chi connectivity index (χ1n) is 12.7. The van der Waals surface area contributed by atoms with E-state index in [0.717, 1.165) is 35.3 Å². The molecule has 2 rings (SSSR count). The molecule has 0 N–H and O–H groups in total. The molecule has 0 aliphatic carbocycles. The molecule has 4 heteroatoms. The average Bonchev–Trinajstić information content (AvgIpc) is 2.76. The van der Waals surface area contributed by atoms with Crippen molar-refractivity contribution in [3.05, 3.63) is 64.2 Å². The molecule has 0 saturated carbocycles. The molecule has 2 aromatic carbocycles. The maximum atomic E-state index is 13.9. The number of carbonyl (C=O) groups is 1. The summed E-state index contributed by atoms with van der Waals surface area (Å²) < 4.78 is 11.5. The number of benzene rings is 2. The number of ether oxygens (including phenoxy) is 2. The van der Waals surface area contributed by atoms with Gasteiger partial charge < -0.3 is 0 Å². The molecule has 0 heterocycles. The van der Waals surface area contributed by atoms with E-state index in [1.54, 1.807) is 7.11 Å². The first kappa shape index (κ1) is 28.7. The van der Waals surface area contributed by atoms with Crippen molar-refractivity contribution in [2.45, 2.75) is 97.5 Å². The summed E-state index contributed by atoms with van der Waals surface area (Å²) in [6, 6.07) is 12.7. The van der Waals surface area contributed by atoms with E-state index in [0.29, 0.717) is 5.92 Å². The van der Waals surface area contributed by atoms with Gasteiger partial charge in [0.2, 0.25) is 0 Å². The fourth-order valence-electron chi connectivity index (χ4n) is 4.20. The fourth-order valence-corrected chi connectivity index (χ4v) is 7.84. The molecule has 3 nitrogen and oxygen atoms in total. The molecule has 1 atom stereocenters. The zero-order valence-corrected chi connectivity index (χ0v) is 26.2. The van der Waals surface area contributed by atoms with E-state index in [1.807, 2.05) is 12.1 Å². The Morgan fingerprint density at radius 3 is 1.76 bits per heavy atom. The van der Waals surface area contributed by atoms with E-state index in [9.17, 15) is 4.79 Å². The molecule has 0 radical (unpaired) electrons. The van der Waals surface area contributed by atoms with Gasteiger partial charge in [-0.05, 0) is 0 Å². The standard InChI is InChI=1S/C27H37O3.3CH3.Sn/c1-17(2)22-15-24(18(3)4)26(25(16-22)19(5)6)27(28)30-20(7)9-10-21-11-13-23(29-8)14-12-21;;;;/h11-19H,9-10H2,1-8H3;3*1H3;. The first-order valence-corrected chi connectivity index (χ1v) is 22.7. The van der Waals surface area contributed by atoms with E-state index in [2.05, 4.69) is 87.6 Å². The third-order valence-corrected chi connectivity index (χ3v) is 17.4. The van der Waals surface area contributed by atoms with Gasteiger partial charge in [-0.1, -0.05) is 0 Å². The number of aryl methyl sites for hydroxylation is 1. The van der Waals surface area contributed by atoms with Crippen LogP contribution in [0.3, 0.4) is 0 Å². The first-order chi connectivity index (χ1) is 15.7. The molecule has 2 aromatic rings. The van der Waals surface area contributed by atoms with Gasteiger partial charge in [0.1, 0.15) is 0 Å². The Hall–Kier alpha value is -1.49. The number of carbonyl (C=O) groups excluding carboxylic acids is 1. The zero-order chi connectivity index (χ0) is 25.8. The number of esters is 1. The Morgan fingerprint density at radius 1 is 0.882 bits per heavy atom. The quantitative estimate of drug-likeness (QED) is 0.211. The van der Waals surface area contributed by atoms with Crippen LogP contribution in [0.2, 0.25) is 14.8 Å². The maximum absolute atomic E-state index is 13.9. The Kier molecular flexibility index (Phi) is 9.72. The van der Waals surface area contributed by atoms with Crippen molar-refractivity contribution in [2.75, 3.05) is 7.11 Å². The van der Waals surface area contributed by atoms with Crippen molar-refractivity contribution < 1.29 is 14.3 Å². The fraction of sp³-hybridized carbons (Fsp3) is 0.567. The van der Waals surface area contributed by atoms with E-state index in [4.69, 9.17) is 9.47 Å². The van der Waals surface area contributed by atoms with Crippen LogP contribution in [0.25, 0.3) is 0 Å². The van der Waals surface area contributed by atoms with E-state index < -0.39 is 22.0 Å². The molecule has 34 heavy (non-hydrogen) atoms. The molecule has 0 bridgehead atoms. The summed E-state index contributed by atoms with van der Waals surface area (Å²) >= 11 is -2.71. The molecule has 0 aliphatic heterocycles. The summed E-state index contributed by atoms with van der Waals surface area (Å²) in [5.41, 5.74) is 5.55. The minimum atomic E-state index is -2.71. The van der Waals surface area contributed by atoms with E-state index >= 15 is 0 Å². The van der Waals surface area contributed by atoms with Crippen LogP contribution in [0.15, 0.2) is 36.4 Å². The summed E-state index contributed by atoms with van der Waals surface area (Å²) in [6.45, 7) is 15.3. The molecule has 0 spiro atoms. The summed E-state index contributed by atoms with van der Waals surface area (Å²) in [5.74, 6) is 1.64. The Morgan fingerprint density at radius 2 is 1.38 bits per heavy atom. The van der Waals surface area contributed by atoms with Gasteiger partial charge in [0.25, 0.3) is 0 Å². The SMILES string of the molecule is COc1ccc(CC[C@@](C)(OC(=O)c2c(C(C)C)cc(C(C)C)cc2C(C)C)[Sn]([CH3])([CH3])[CH3])cc1. The van der Waals surface area contributed by atoms with Gasteiger partial charge in [-0.2, -0.15) is 0 Å². The zero-order valence-electron chi connectivity index (χ0n) is 23.3. The van der Waals surface area contributed by atoms with Crippen LogP contribution in [0.1, 0.15) is 105 Å². The number of hydrogen-bond acceptors (Lipinski definition) is 3. The van der Waals surface area contributed by atoms with Gasteiger partial charge >= 0.3 is 213 Å². The van der Waals surface area contributed by atoms with Gasteiger partial charge in [0.15, 0.2) is 0 Å². The van der Waals surface area contributed by atoms with Crippen LogP contribution in [0.4, 0.5) is 0 Å². The second kappa shape index (κ2) is 11.5. The predicted molar refractivity (Wildman–Crippen MR) is 147 cm³/mol. The van der Waals surface area contributed by atoms with Crippen molar-refractivity contribution in [2.24, 2.45) is 0 Å². The average molecular weight is 573 g/mol. The normalized spacial score (nSPS) is 13.9. The van der Waals surface area contributed by atoms with Gasteiger partial charge in [-0.25, -0.2) is 0 Å². The van der Waals surface area contributed by atoms with Gasteiger partial charge in [-0.3, -0.25) is 0 Å². The third kappa shape index (κ3) is 6.80. The molecule has 0 unspecified atom stereocenters. The van der Waals surface area contributed by atoms with Crippen LogP contribution in [-0.2, 0) is 11.2 Å². The minimum absolute atomic E-state index is 0.147. The van der Waals surface area contributed by atoms with Crippen LogP contribution < -0.4 is 4.74 Å². The number of hydrogen-bond donors (Lipinski definition) is 0. The van der Waals surface area contributed by atoms with Gasteiger partial charge in [0.05, 0.1) is 0 Å². The Labute approximate surface area is 212 Å². The molecule has 0 amide bonds. The molecular weight excluding hydrogens is 527 g/mol. The van der Waals surface area contributed by atoms with Gasteiger partial charge in [-0.15, -0.1) is 0 Å². The van der Waals surface area contributed by atoms with Crippen LogP contribution >= 0.6 is 0 Å². The predicted octanol–water partition coefficient (Wildman–Crippen LogP) is 8.49. The van der Waals surface area contributed by atoms with Crippen molar-refractivity contribution in [1.29, 1.82) is 0 Å². The molecule has 0 saturated heterocycles. The van der Waals surface area contributed by atoms with Crippen LogP contribution in [0, 0.1) is 0 Å². The van der Waals surface area contributed by atoms with E-state index in [-0.39, 0.29) is 17.8 Å². The van der Waals surface area contributed by atoms with Gasteiger partial charge in [0, 0.05) is 0 Å². The van der Waals surface area contributed by atoms with Crippen molar-refractivity contribution in [3.63, 3.8) is 0 Å². The topological polar surface area (TPSA) is 35.5 Å². The van der Waals surface area contributed by atoms with Crippen molar-refractivity contribution >= 4 is 24.3 Å². The van der Waals surface area contributed by atoms with Crippen molar-refractivity contribution in [1.82, 2.24) is 0 Å². The molecular formula is C30H46O3Sn. The molecule has 0 fully saturated rings. The number of methoxy groups -OCH3 is 1. The van der Waals surface area contributed by atoms with Crippen LogP contribution in [-0.4, -0.2) is 35.1 Å². The van der Waals surface area contributed by atoms with Crippen LogP contribution in [0.5, 0.6) is 5.75 Å². The monoisotopic (exact) mass is 574 g/mol. The molecule has 0 aromatic heterocycles. The van der Waals surface area contributed by atoms with Crippen molar-refractivity contribution in [3.8, 4) is 5.75 Å². The number of rotatable bonds is 10. The Balaban J connectivity index is 2.45. The summed E-state index contributed by atoms with van der Waals surface area (Å²) in [7, 11) is 1.68. The Bertz CT molecular complexity index is 939. The molecule has 0 aliphatic rings.